The Bertz CT molecular complexity index is 607. The summed E-state index contributed by atoms with van der Waals surface area (Å²) in [5.74, 6) is 0.949. The molecule has 6 heteroatoms. The highest BCUT2D eigenvalue weighted by atomic mass is 79.9. The third-order valence-electron chi connectivity index (χ3n) is 5.90. The van der Waals surface area contributed by atoms with E-state index in [0.717, 1.165) is 62.5 Å². The number of guanidine groups is 1. The Kier molecular flexibility index (Phi) is 7.56. The summed E-state index contributed by atoms with van der Waals surface area (Å²) in [6.07, 6.45) is 6.06. The van der Waals surface area contributed by atoms with Crippen LogP contribution >= 0.6 is 15.9 Å². The SMILES string of the molecule is CN=C(NCC1(CCOC)CC1)NC1CCN(Cc2ccc(Br)cc2)CC1. The van der Waals surface area contributed by atoms with Gasteiger partial charge in [-0.1, -0.05) is 28.1 Å². The van der Waals surface area contributed by atoms with E-state index in [1.165, 1.54) is 18.4 Å². The molecule has 27 heavy (non-hydrogen) atoms. The molecule has 0 unspecified atom stereocenters. The molecule has 0 amide bonds. The largest absolute Gasteiger partial charge is 0.385 e. The monoisotopic (exact) mass is 436 g/mol. The molecule has 1 saturated carbocycles. The van der Waals surface area contributed by atoms with Crippen molar-refractivity contribution >= 4 is 21.9 Å². The fraction of sp³-hybridized carbons (Fsp3) is 0.667. The highest BCUT2D eigenvalue weighted by Gasteiger charge is 2.42. The predicted octanol–water partition coefficient (Wildman–Crippen LogP) is 3.40. The number of likely N-dealkylation sites (tertiary alicyclic amines) is 1. The van der Waals surface area contributed by atoms with Gasteiger partial charge >= 0.3 is 0 Å². The van der Waals surface area contributed by atoms with E-state index in [0.29, 0.717) is 11.5 Å². The summed E-state index contributed by atoms with van der Waals surface area (Å²) in [7, 11) is 3.65. The molecule has 2 aliphatic rings. The Morgan fingerprint density at radius 3 is 2.56 bits per heavy atom. The van der Waals surface area contributed by atoms with Crippen LogP contribution in [0.2, 0.25) is 0 Å². The van der Waals surface area contributed by atoms with Crippen LogP contribution in [0.15, 0.2) is 33.7 Å². The lowest BCUT2D eigenvalue weighted by Gasteiger charge is -2.33. The Labute approximate surface area is 172 Å². The van der Waals surface area contributed by atoms with E-state index in [1.807, 2.05) is 7.05 Å². The molecule has 3 rings (SSSR count). The van der Waals surface area contributed by atoms with Gasteiger partial charge in [0, 0.05) is 57.5 Å². The second-order valence-electron chi connectivity index (χ2n) is 7.99. The van der Waals surface area contributed by atoms with Gasteiger partial charge in [-0.3, -0.25) is 9.89 Å². The number of nitrogens with zero attached hydrogens (tertiary/aromatic N) is 2. The van der Waals surface area contributed by atoms with Gasteiger partial charge in [-0.25, -0.2) is 0 Å². The maximum absolute atomic E-state index is 5.25. The fourth-order valence-electron chi connectivity index (χ4n) is 3.75. The van der Waals surface area contributed by atoms with Crippen molar-refractivity contribution in [1.82, 2.24) is 15.5 Å². The van der Waals surface area contributed by atoms with E-state index in [9.17, 15) is 0 Å². The molecule has 0 aromatic heterocycles. The van der Waals surface area contributed by atoms with Crippen molar-refractivity contribution in [2.24, 2.45) is 10.4 Å². The molecule has 150 valence electrons. The van der Waals surface area contributed by atoms with Crippen molar-refractivity contribution in [1.29, 1.82) is 0 Å². The molecule has 2 fully saturated rings. The number of aliphatic imine (C=N–C) groups is 1. The van der Waals surface area contributed by atoms with E-state index >= 15 is 0 Å². The summed E-state index contributed by atoms with van der Waals surface area (Å²) in [5.41, 5.74) is 1.81. The quantitative estimate of drug-likeness (QED) is 0.484. The van der Waals surface area contributed by atoms with Crippen LogP contribution in [0, 0.1) is 5.41 Å². The van der Waals surface area contributed by atoms with Crippen molar-refractivity contribution in [2.45, 2.75) is 44.7 Å². The predicted molar refractivity (Wildman–Crippen MR) is 115 cm³/mol. The average molecular weight is 437 g/mol. The van der Waals surface area contributed by atoms with Crippen LogP contribution in [-0.2, 0) is 11.3 Å². The Hall–Kier alpha value is -1.11. The molecule has 5 nitrogen and oxygen atoms in total. The first-order valence-electron chi connectivity index (χ1n) is 10.1. The van der Waals surface area contributed by atoms with Gasteiger partial charge in [0.15, 0.2) is 5.96 Å². The molecule has 1 aliphatic carbocycles. The molecule has 2 N–H and O–H groups in total. The normalized spacial score (nSPS) is 20.5. The van der Waals surface area contributed by atoms with Crippen LogP contribution < -0.4 is 10.6 Å². The zero-order chi connectivity index (χ0) is 19.1. The number of hydrogen-bond donors (Lipinski definition) is 2. The fourth-order valence-corrected chi connectivity index (χ4v) is 4.02. The lowest BCUT2D eigenvalue weighted by atomic mass is 10.0. The number of methoxy groups -OCH3 is 1. The van der Waals surface area contributed by atoms with Crippen LogP contribution in [0.4, 0.5) is 0 Å². The number of benzene rings is 1. The lowest BCUT2D eigenvalue weighted by Crippen LogP contribution is -2.49. The standard InChI is InChI=1S/C21H33BrN4O/c1-23-20(24-16-21(9-10-21)11-14-27-2)25-19-7-12-26(13-8-19)15-17-3-5-18(22)6-4-17/h3-6,19H,7-16H2,1-2H3,(H2,23,24,25). The summed E-state index contributed by atoms with van der Waals surface area (Å²) < 4.78 is 6.39. The summed E-state index contributed by atoms with van der Waals surface area (Å²) in [6.45, 7) is 5.14. The zero-order valence-corrected chi connectivity index (χ0v) is 18.2. The smallest absolute Gasteiger partial charge is 0.191 e. The van der Waals surface area contributed by atoms with Gasteiger partial charge in [0.25, 0.3) is 0 Å². The van der Waals surface area contributed by atoms with Gasteiger partial charge < -0.3 is 15.4 Å². The third-order valence-corrected chi connectivity index (χ3v) is 6.42. The molecule has 0 radical (unpaired) electrons. The summed E-state index contributed by atoms with van der Waals surface area (Å²) in [6, 6.07) is 9.16. The maximum atomic E-state index is 5.25. The Morgan fingerprint density at radius 1 is 1.26 bits per heavy atom. The van der Waals surface area contributed by atoms with Gasteiger partial charge in [-0.05, 0) is 55.2 Å². The van der Waals surface area contributed by atoms with Crippen molar-refractivity contribution in [2.75, 3.05) is 40.4 Å². The Morgan fingerprint density at radius 2 is 1.96 bits per heavy atom. The van der Waals surface area contributed by atoms with Gasteiger partial charge in [0.05, 0.1) is 0 Å². The van der Waals surface area contributed by atoms with E-state index in [4.69, 9.17) is 4.74 Å². The number of ether oxygens (including phenoxy) is 1. The average Bonchev–Trinajstić information content (AvgIpc) is 3.47. The lowest BCUT2D eigenvalue weighted by molar-refractivity contribution is 0.172. The van der Waals surface area contributed by atoms with E-state index in [-0.39, 0.29) is 0 Å². The second kappa shape index (κ2) is 9.89. The van der Waals surface area contributed by atoms with E-state index in [2.05, 4.69) is 60.7 Å². The van der Waals surface area contributed by atoms with Gasteiger partial charge in [-0.2, -0.15) is 0 Å². The molecule has 0 atom stereocenters. The van der Waals surface area contributed by atoms with Crippen molar-refractivity contribution < 1.29 is 4.74 Å². The van der Waals surface area contributed by atoms with Gasteiger partial charge in [0.1, 0.15) is 0 Å². The molecule has 1 heterocycles. The van der Waals surface area contributed by atoms with Crippen molar-refractivity contribution in [3.63, 3.8) is 0 Å². The third kappa shape index (κ3) is 6.47. The summed E-state index contributed by atoms with van der Waals surface area (Å²) in [5, 5.41) is 7.18. The van der Waals surface area contributed by atoms with Gasteiger partial charge in [-0.15, -0.1) is 0 Å². The van der Waals surface area contributed by atoms with Crippen LogP contribution in [0.1, 0.15) is 37.7 Å². The molecule has 1 aromatic carbocycles. The van der Waals surface area contributed by atoms with Crippen LogP contribution in [0.5, 0.6) is 0 Å². The highest BCUT2D eigenvalue weighted by Crippen LogP contribution is 2.48. The molecule has 1 aliphatic heterocycles. The number of nitrogens with one attached hydrogen (secondary N) is 2. The number of halogens is 1. The highest BCUT2D eigenvalue weighted by molar-refractivity contribution is 9.10. The number of rotatable bonds is 8. The molecule has 1 aromatic rings. The minimum Gasteiger partial charge on any atom is -0.385 e. The summed E-state index contributed by atoms with van der Waals surface area (Å²) in [4.78, 5) is 6.98. The van der Waals surface area contributed by atoms with Gasteiger partial charge in [0.2, 0.25) is 0 Å². The number of piperidine rings is 1. The minimum atomic E-state index is 0.432. The van der Waals surface area contributed by atoms with Crippen molar-refractivity contribution in [3.05, 3.63) is 34.3 Å². The molecule has 0 bridgehead atoms. The van der Waals surface area contributed by atoms with Crippen LogP contribution in [-0.4, -0.2) is 57.3 Å². The maximum Gasteiger partial charge on any atom is 0.191 e. The second-order valence-corrected chi connectivity index (χ2v) is 8.91. The van der Waals surface area contributed by atoms with E-state index in [1.54, 1.807) is 7.11 Å². The number of hydrogen-bond acceptors (Lipinski definition) is 3. The molecule has 1 saturated heterocycles. The molecular weight excluding hydrogens is 404 g/mol. The van der Waals surface area contributed by atoms with Crippen LogP contribution in [0.25, 0.3) is 0 Å². The molecule has 0 spiro atoms. The Balaban J connectivity index is 1.38. The topological polar surface area (TPSA) is 48.9 Å². The first kappa shape index (κ1) is 20.6. The minimum absolute atomic E-state index is 0.432. The first-order valence-corrected chi connectivity index (χ1v) is 10.8. The van der Waals surface area contributed by atoms with Crippen molar-refractivity contribution in [3.8, 4) is 0 Å². The van der Waals surface area contributed by atoms with E-state index < -0.39 is 0 Å². The zero-order valence-electron chi connectivity index (χ0n) is 16.6. The first-order chi connectivity index (χ1) is 13.1. The van der Waals surface area contributed by atoms with Crippen LogP contribution in [0.3, 0.4) is 0 Å². The summed E-state index contributed by atoms with van der Waals surface area (Å²) >= 11 is 3.50. The molecular formula is C21H33BrN4O.